The lowest BCUT2D eigenvalue weighted by Gasteiger charge is -2.29. The number of rotatable bonds is 5. The summed E-state index contributed by atoms with van der Waals surface area (Å²) in [5.74, 6) is -0.274. The molecule has 0 fully saturated rings. The van der Waals surface area contributed by atoms with Gasteiger partial charge in [-0.05, 0) is 42.5 Å². The average molecular weight is 349 g/mol. The first kappa shape index (κ1) is 17.9. The Hall–Kier alpha value is -2.95. The Morgan fingerprint density at radius 2 is 1.88 bits per heavy atom. The van der Waals surface area contributed by atoms with Crippen LogP contribution in [0.4, 0.5) is 5.69 Å². The maximum atomic E-state index is 12.5. The van der Waals surface area contributed by atoms with Crippen molar-refractivity contribution in [1.29, 1.82) is 0 Å². The average Bonchev–Trinajstić information content (AvgIpc) is 2.67. The van der Waals surface area contributed by atoms with Gasteiger partial charge in [0, 0.05) is 25.1 Å². The molecule has 0 saturated heterocycles. The first-order chi connectivity index (χ1) is 12.6. The zero-order valence-electron chi connectivity index (χ0n) is 14.9. The zero-order valence-corrected chi connectivity index (χ0v) is 14.9. The maximum absolute atomic E-state index is 12.5. The number of nitrogens with one attached hydrogen (secondary N) is 1. The second-order valence-corrected chi connectivity index (χ2v) is 6.43. The van der Waals surface area contributed by atoms with Crippen LogP contribution in [0.25, 0.3) is 0 Å². The van der Waals surface area contributed by atoms with Crippen LogP contribution in [0, 0.1) is 6.92 Å². The van der Waals surface area contributed by atoms with E-state index in [1.807, 2.05) is 49.4 Å². The molecule has 0 atom stereocenters. The van der Waals surface area contributed by atoms with E-state index in [0.29, 0.717) is 6.54 Å². The summed E-state index contributed by atoms with van der Waals surface area (Å²) in [6, 6.07) is 15.8. The zero-order chi connectivity index (χ0) is 18.4. The highest BCUT2D eigenvalue weighted by Gasteiger charge is 2.22. The first-order valence-electron chi connectivity index (χ1n) is 8.91. The number of hydrazone groups is 1. The van der Waals surface area contributed by atoms with Gasteiger partial charge in [-0.25, -0.2) is 5.43 Å². The molecule has 3 rings (SSSR count). The Bertz CT molecular complexity index is 830. The van der Waals surface area contributed by atoms with Gasteiger partial charge in [0.25, 0.3) is 0 Å². The third kappa shape index (κ3) is 4.36. The fourth-order valence-electron chi connectivity index (χ4n) is 3.11. The number of aryl methyl sites for hydroxylation is 2. The van der Waals surface area contributed by atoms with Gasteiger partial charge in [0.1, 0.15) is 0 Å². The van der Waals surface area contributed by atoms with Crippen LogP contribution >= 0.6 is 0 Å². The first-order valence-corrected chi connectivity index (χ1v) is 8.91. The number of nitrogens with zero attached hydrogens (tertiary/aromatic N) is 2. The molecule has 0 aromatic heterocycles. The third-order valence-electron chi connectivity index (χ3n) is 4.56. The van der Waals surface area contributed by atoms with Gasteiger partial charge in [-0.3, -0.25) is 9.59 Å². The molecule has 2 aromatic carbocycles. The molecule has 1 N–H and O–H groups in total. The van der Waals surface area contributed by atoms with Gasteiger partial charge in [-0.1, -0.05) is 42.5 Å². The minimum absolute atomic E-state index is 0.0183. The predicted molar refractivity (Wildman–Crippen MR) is 103 cm³/mol. The third-order valence-corrected chi connectivity index (χ3v) is 4.56. The van der Waals surface area contributed by atoms with Crippen molar-refractivity contribution in [2.24, 2.45) is 5.10 Å². The van der Waals surface area contributed by atoms with Crippen molar-refractivity contribution in [2.45, 2.75) is 32.6 Å². The Morgan fingerprint density at radius 1 is 1.12 bits per heavy atom. The number of carbonyl (C=O) groups excluding carboxylic acids is 2. The van der Waals surface area contributed by atoms with Crippen LogP contribution in [0.2, 0.25) is 0 Å². The molecule has 0 radical (unpaired) electrons. The topological polar surface area (TPSA) is 61.8 Å². The molecule has 0 aliphatic carbocycles. The van der Waals surface area contributed by atoms with Gasteiger partial charge < -0.3 is 4.90 Å². The van der Waals surface area contributed by atoms with Crippen molar-refractivity contribution in [1.82, 2.24) is 5.43 Å². The van der Waals surface area contributed by atoms with Crippen LogP contribution in [0.5, 0.6) is 0 Å². The highest BCUT2D eigenvalue weighted by molar-refractivity contribution is 5.96. The van der Waals surface area contributed by atoms with E-state index in [1.54, 1.807) is 11.1 Å². The number of carbonyl (C=O) groups is 2. The fraction of sp³-hybridized carbons (Fsp3) is 0.286. The van der Waals surface area contributed by atoms with Gasteiger partial charge in [0.15, 0.2) is 0 Å². The summed E-state index contributed by atoms with van der Waals surface area (Å²) in [5.41, 5.74) is 6.70. The number of fused-ring (bicyclic) bond motifs is 1. The van der Waals surface area contributed by atoms with Gasteiger partial charge in [0.2, 0.25) is 11.8 Å². The van der Waals surface area contributed by atoms with Crippen LogP contribution in [0.15, 0.2) is 53.6 Å². The summed E-state index contributed by atoms with van der Waals surface area (Å²) in [7, 11) is 0. The van der Waals surface area contributed by atoms with Crippen molar-refractivity contribution in [2.75, 3.05) is 11.4 Å². The number of hydrogen-bond donors (Lipinski definition) is 1. The van der Waals surface area contributed by atoms with Gasteiger partial charge >= 0.3 is 0 Å². The van der Waals surface area contributed by atoms with E-state index < -0.39 is 0 Å². The molecule has 1 aliphatic heterocycles. The summed E-state index contributed by atoms with van der Waals surface area (Å²) in [6.07, 6.45) is 3.88. The van der Waals surface area contributed by atoms with E-state index in [0.717, 1.165) is 29.7 Å². The molecule has 2 aromatic rings. The van der Waals surface area contributed by atoms with E-state index in [2.05, 4.69) is 16.6 Å². The molecular formula is C21H23N3O2. The second kappa shape index (κ2) is 8.43. The fourth-order valence-corrected chi connectivity index (χ4v) is 3.11. The second-order valence-electron chi connectivity index (χ2n) is 6.43. The molecule has 26 heavy (non-hydrogen) atoms. The molecule has 0 saturated carbocycles. The molecule has 1 heterocycles. The summed E-state index contributed by atoms with van der Waals surface area (Å²) >= 11 is 0. The highest BCUT2D eigenvalue weighted by Crippen LogP contribution is 2.27. The van der Waals surface area contributed by atoms with Crippen LogP contribution in [0.1, 0.15) is 36.0 Å². The summed E-state index contributed by atoms with van der Waals surface area (Å²) < 4.78 is 0. The summed E-state index contributed by atoms with van der Waals surface area (Å²) in [4.78, 5) is 26.3. The van der Waals surface area contributed by atoms with E-state index in [-0.39, 0.29) is 24.7 Å². The predicted octanol–water partition coefficient (Wildman–Crippen LogP) is 3.20. The van der Waals surface area contributed by atoms with Crippen molar-refractivity contribution in [3.63, 3.8) is 0 Å². The van der Waals surface area contributed by atoms with Gasteiger partial charge in [0.05, 0.1) is 6.21 Å². The SMILES string of the molecule is Cc1ccccc1C=NNC(=O)CCC(=O)N1CCCc2ccccc21. The highest BCUT2D eigenvalue weighted by atomic mass is 16.2. The van der Waals surface area contributed by atoms with Crippen molar-refractivity contribution in [3.05, 3.63) is 65.2 Å². The number of amides is 2. The molecule has 1 aliphatic rings. The van der Waals surface area contributed by atoms with Crippen LogP contribution in [-0.4, -0.2) is 24.6 Å². The minimum Gasteiger partial charge on any atom is -0.312 e. The Morgan fingerprint density at radius 3 is 2.73 bits per heavy atom. The Balaban J connectivity index is 1.51. The van der Waals surface area contributed by atoms with E-state index in [9.17, 15) is 9.59 Å². The van der Waals surface area contributed by atoms with Crippen molar-refractivity contribution in [3.8, 4) is 0 Å². The van der Waals surface area contributed by atoms with Gasteiger partial charge in [-0.2, -0.15) is 5.10 Å². The normalized spacial score (nSPS) is 13.5. The number of benzene rings is 2. The molecule has 5 heteroatoms. The van der Waals surface area contributed by atoms with E-state index in [4.69, 9.17) is 0 Å². The number of anilines is 1. The molecular weight excluding hydrogens is 326 g/mol. The largest absolute Gasteiger partial charge is 0.312 e. The molecule has 0 unspecified atom stereocenters. The summed E-state index contributed by atoms with van der Waals surface area (Å²) in [6.45, 7) is 2.70. The quantitative estimate of drug-likeness (QED) is 0.665. The monoisotopic (exact) mass is 349 g/mol. The van der Waals surface area contributed by atoms with Crippen molar-refractivity contribution < 1.29 is 9.59 Å². The molecule has 2 amide bonds. The molecule has 5 nitrogen and oxygen atoms in total. The molecule has 0 spiro atoms. The molecule has 0 bridgehead atoms. The maximum Gasteiger partial charge on any atom is 0.240 e. The lowest BCUT2D eigenvalue weighted by atomic mass is 10.0. The van der Waals surface area contributed by atoms with Crippen LogP contribution in [0.3, 0.4) is 0 Å². The number of para-hydroxylation sites is 1. The van der Waals surface area contributed by atoms with Gasteiger partial charge in [-0.15, -0.1) is 0 Å². The Kier molecular flexibility index (Phi) is 5.79. The smallest absolute Gasteiger partial charge is 0.240 e. The lowest BCUT2D eigenvalue weighted by molar-refractivity contribution is -0.125. The lowest BCUT2D eigenvalue weighted by Crippen LogP contribution is -2.36. The van der Waals surface area contributed by atoms with E-state index >= 15 is 0 Å². The van der Waals surface area contributed by atoms with E-state index in [1.165, 1.54) is 5.56 Å². The minimum atomic E-state index is -0.256. The number of hydrogen-bond acceptors (Lipinski definition) is 3. The summed E-state index contributed by atoms with van der Waals surface area (Å²) in [5, 5.41) is 3.98. The van der Waals surface area contributed by atoms with Crippen LogP contribution < -0.4 is 10.3 Å². The van der Waals surface area contributed by atoms with Crippen LogP contribution in [-0.2, 0) is 16.0 Å². The Labute approximate surface area is 153 Å². The molecule has 134 valence electrons. The van der Waals surface area contributed by atoms with Crippen molar-refractivity contribution >= 4 is 23.7 Å². The standard InChI is InChI=1S/C21H23N3O2/c1-16-7-2-3-9-18(16)15-22-23-20(25)12-13-21(26)24-14-6-10-17-8-4-5-11-19(17)24/h2-5,7-9,11,15H,6,10,12-14H2,1H3,(H,23,25).